The van der Waals surface area contributed by atoms with Crippen molar-refractivity contribution < 1.29 is 4.79 Å². The molecule has 0 aliphatic heterocycles. The van der Waals surface area contributed by atoms with Crippen molar-refractivity contribution >= 4 is 29.2 Å². The Morgan fingerprint density at radius 3 is 2.74 bits per heavy atom. The number of hydrogen-bond donors (Lipinski definition) is 1. The van der Waals surface area contributed by atoms with Gasteiger partial charge in [0.05, 0.1) is 6.04 Å². The minimum Gasteiger partial charge on any atom is -0.338 e. The van der Waals surface area contributed by atoms with E-state index in [1.54, 1.807) is 24.1 Å². The highest BCUT2D eigenvalue weighted by atomic mass is 35.5. The van der Waals surface area contributed by atoms with E-state index in [-0.39, 0.29) is 12.1 Å². The number of rotatable bonds is 4. The number of carbonyl (C=O) groups is 1. The molecule has 0 radical (unpaired) electrons. The molecule has 1 aromatic rings. The van der Waals surface area contributed by atoms with E-state index in [1.165, 1.54) is 12.8 Å². The SMILES string of the molecule is C[C@@H](c1ccc(Cl)cc1Cl)N(C)C(=O)NCC1CC1. The number of benzene rings is 1. The maximum Gasteiger partial charge on any atom is 0.317 e. The normalized spacial score (nSPS) is 16.0. The molecule has 104 valence electrons. The van der Waals surface area contributed by atoms with Crippen molar-refractivity contribution in [2.45, 2.75) is 25.8 Å². The first-order chi connectivity index (χ1) is 8.99. The summed E-state index contributed by atoms with van der Waals surface area (Å²) in [6.07, 6.45) is 2.45. The highest BCUT2D eigenvalue weighted by molar-refractivity contribution is 6.35. The second kappa shape index (κ2) is 6.02. The highest BCUT2D eigenvalue weighted by Crippen LogP contribution is 2.30. The summed E-state index contributed by atoms with van der Waals surface area (Å²) in [5.41, 5.74) is 0.898. The number of halogens is 2. The van der Waals surface area contributed by atoms with Crippen molar-refractivity contribution in [1.29, 1.82) is 0 Å². The average Bonchev–Trinajstić information content (AvgIpc) is 3.18. The number of carbonyl (C=O) groups excluding carboxylic acids is 1. The van der Waals surface area contributed by atoms with Crippen LogP contribution < -0.4 is 5.32 Å². The zero-order valence-corrected chi connectivity index (χ0v) is 12.6. The molecule has 1 atom stereocenters. The third-order valence-electron chi connectivity index (χ3n) is 3.55. The Hall–Kier alpha value is -0.930. The van der Waals surface area contributed by atoms with Gasteiger partial charge in [0.15, 0.2) is 0 Å². The molecule has 1 saturated carbocycles. The van der Waals surface area contributed by atoms with Crippen LogP contribution in [0.25, 0.3) is 0 Å². The zero-order valence-electron chi connectivity index (χ0n) is 11.1. The molecule has 0 aromatic heterocycles. The fourth-order valence-corrected chi connectivity index (χ4v) is 2.47. The molecule has 0 saturated heterocycles. The molecule has 19 heavy (non-hydrogen) atoms. The first-order valence-electron chi connectivity index (χ1n) is 6.44. The largest absolute Gasteiger partial charge is 0.338 e. The van der Waals surface area contributed by atoms with Crippen LogP contribution in [0.15, 0.2) is 18.2 Å². The van der Waals surface area contributed by atoms with Gasteiger partial charge in [-0.1, -0.05) is 29.3 Å². The molecule has 1 N–H and O–H groups in total. The van der Waals surface area contributed by atoms with Crippen LogP contribution in [0.5, 0.6) is 0 Å². The number of nitrogens with zero attached hydrogens (tertiary/aromatic N) is 1. The molecule has 1 aliphatic carbocycles. The van der Waals surface area contributed by atoms with Crippen molar-refractivity contribution in [3.63, 3.8) is 0 Å². The molecular weight excluding hydrogens is 283 g/mol. The van der Waals surface area contributed by atoms with Gasteiger partial charge in [0.1, 0.15) is 0 Å². The van der Waals surface area contributed by atoms with E-state index in [4.69, 9.17) is 23.2 Å². The van der Waals surface area contributed by atoms with E-state index < -0.39 is 0 Å². The molecule has 3 nitrogen and oxygen atoms in total. The van der Waals surface area contributed by atoms with Crippen molar-refractivity contribution in [3.05, 3.63) is 33.8 Å². The van der Waals surface area contributed by atoms with E-state index in [1.807, 2.05) is 13.0 Å². The zero-order chi connectivity index (χ0) is 14.0. The predicted molar refractivity (Wildman–Crippen MR) is 78.8 cm³/mol. The number of urea groups is 1. The van der Waals surface area contributed by atoms with Gasteiger partial charge in [-0.2, -0.15) is 0 Å². The van der Waals surface area contributed by atoms with Gasteiger partial charge in [0.2, 0.25) is 0 Å². The van der Waals surface area contributed by atoms with Gasteiger partial charge in [-0.3, -0.25) is 0 Å². The fourth-order valence-electron chi connectivity index (χ4n) is 1.90. The van der Waals surface area contributed by atoms with Crippen LogP contribution in [-0.4, -0.2) is 24.5 Å². The molecule has 1 fully saturated rings. The Balaban J connectivity index is 2.00. The lowest BCUT2D eigenvalue weighted by Gasteiger charge is -2.26. The summed E-state index contributed by atoms with van der Waals surface area (Å²) in [7, 11) is 1.78. The van der Waals surface area contributed by atoms with Crippen molar-refractivity contribution in [3.8, 4) is 0 Å². The Morgan fingerprint density at radius 1 is 1.47 bits per heavy atom. The summed E-state index contributed by atoms with van der Waals surface area (Å²) in [5, 5.41) is 4.13. The van der Waals surface area contributed by atoms with Gasteiger partial charge in [0.25, 0.3) is 0 Å². The number of nitrogens with one attached hydrogen (secondary N) is 1. The standard InChI is InChI=1S/C14H18Cl2N2O/c1-9(12-6-5-11(15)7-13(12)16)18(2)14(19)17-8-10-3-4-10/h5-7,9-10H,3-4,8H2,1-2H3,(H,17,19)/t9-/m0/s1. The van der Waals surface area contributed by atoms with Crippen molar-refractivity contribution in [2.24, 2.45) is 5.92 Å². The topological polar surface area (TPSA) is 32.3 Å². The van der Waals surface area contributed by atoms with Crippen LogP contribution in [0.2, 0.25) is 10.0 Å². The first kappa shape index (κ1) is 14.5. The minimum absolute atomic E-state index is 0.0644. The van der Waals surface area contributed by atoms with E-state index in [0.717, 1.165) is 12.1 Å². The van der Waals surface area contributed by atoms with Gasteiger partial charge >= 0.3 is 6.03 Å². The number of amides is 2. The summed E-state index contributed by atoms with van der Waals surface area (Å²) in [4.78, 5) is 13.7. The van der Waals surface area contributed by atoms with Gasteiger partial charge in [-0.25, -0.2) is 4.79 Å². The highest BCUT2D eigenvalue weighted by Gasteiger charge is 2.24. The quantitative estimate of drug-likeness (QED) is 0.892. The van der Waals surface area contributed by atoms with Crippen molar-refractivity contribution in [2.75, 3.05) is 13.6 Å². The molecule has 0 heterocycles. The summed E-state index contributed by atoms with van der Waals surface area (Å²) in [6.45, 7) is 2.72. The van der Waals surface area contributed by atoms with E-state index in [9.17, 15) is 4.79 Å². The Kier molecular flexibility index (Phi) is 4.58. The average molecular weight is 301 g/mol. The smallest absolute Gasteiger partial charge is 0.317 e. The first-order valence-corrected chi connectivity index (χ1v) is 7.20. The van der Waals surface area contributed by atoms with Crippen LogP contribution in [0.1, 0.15) is 31.4 Å². The fraction of sp³-hybridized carbons (Fsp3) is 0.500. The maximum absolute atomic E-state index is 12.0. The van der Waals surface area contributed by atoms with Crippen LogP contribution in [0, 0.1) is 5.92 Å². The molecule has 1 aromatic carbocycles. The second-order valence-corrected chi connectivity index (χ2v) is 5.93. The van der Waals surface area contributed by atoms with Crippen LogP contribution in [0.3, 0.4) is 0 Å². The lowest BCUT2D eigenvalue weighted by atomic mass is 10.1. The van der Waals surface area contributed by atoms with Crippen LogP contribution >= 0.6 is 23.2 Å². The van der Waals surface area contributed by atoms with Gasteiger partial charge in [-0.15, -0.1) is 0 Å². The van der Waals surface area contributed by atoms with Gasteiger partial charge < -0.3 is 10.2 Å². The third kappa shape index (κ3) is 3.77. The number of hydrogen-bond acceptors (Lipinski definition) is 1. The molecule has 0 spiro atoms. The van der Waals surface area contributed by atoms with E-state index in [2.05, 4.69) is 5.32 Å². The Labute approximate surface area is 123 Å². The molecule has 0 bridgehead atoms. The molecule has 5 heteroatoms. The monoisotopic (exact) mass is 300 g/mol. The molecule has 1 aliphatic rings. The summed E-state index contributed by atoms with van der Waals surface area (Å²) >= 11 is 12.0. The summed E-state index contributed by atoms with van der Waals surface area (Å²) < 4.78 is 0. The van der Waals surface area contributed by atoms with Gasteiger partial charge in [-0.05, 0) is 43.4 Å². The summed E-state index contributed by atoms with van der Waals surface area (Å²) in [6, 6.07) is 5.19. The van der Waals surface area contributed by atoms with Crippen LogP contribution in [-0.2, 0) is 0 Å². The Bertz CT molecular complexity index is 475. The van der Waals surface area contributed by atoms with Crippen molar-refractivity contribution in [1.82, 2.24) is 10.2 Å². The molecule has 0 unspecified atom stereocenters. The molecule has 2 amide bonds. The second-order valence-electron chi connectivity index (χ2n) is 5.08. The lowest BCUT2D eigenvalue weighted by molar-refractivity contribution is 0.194. The molecular formula is C14H18Cl2N2O. The Morgan fingerprint density at radius 2 is 2.16 bits per heavy atom. The molecule has 2 rings (SSSR count). The summed E-state index contributed by atoms with van der Waals surface area (Å²) in [5.74, 6) is 0.673. The van der Waals surface area contributed by atoms with Gasteiger partial charge in [0, 0.05) is 23.6 Å². The third-order valence-corrected chi connectivity index (χ3v) is 4.12. The lowest BCUT2D eigenvalue weighted by Crippen LogP contribution is -2.39. The predicted octanol–water partition coefficient (Wildman–Crippen LogP) is 4.11. The maximum atomic E-state index is 12.0. The van der Waals surface area contributed by atoms with Crippen LogP contribution in [0.4, 0.5) is 4.79 Å². The minimum atomic E-state index is -0.0935. The van der Waals surface area contributed by atoms with E-state index >= 15 is 0 Å². The van der Waals surface area contributed by atoms with E-state index in [0.29, 0.717) is 16.0 Å².